The van der Waals surface area contributed by atoms with E-state index in [1.54, 1.807) is 0 Å². The molecule has 4 heteroatoms. The van der Waals surface area contributed by atoms with Gasteiger partial charge < -0.3 is 10.4 Å². The number of unbranched alkanes of at least 4 members (excludes halogenated alkanes) is 1. The van der Waals surface area contributed by atoms with Gasteiger partial charge in [-0.3, -0.25) is 4.79 Å². The summed E-state index contributed by atoms with van der Waals surface area (Å²) in [4.78, 5) is 11.7. The Morgan fingerprint density at radius 1 is 1.25 bits per heavy atom. The van der Waals surface area contributed by atoms with E-state index in [9.17, 15) is 9.90 Å². The minimum atomic E-state index is 0.00703. The van der Waals surface area contributed by atoms with Crippen molar-refractivity contribution in [3.8, 4) is 0 Å². The first-order valence-electron chi connectivity index (χ1n) is 7.26. The van der Waals surface area contributed by atoms with Crippen LogP contribution in [-0.2, 0) is 11.2 Å². The first-order chi connectivity index (χ1) is 9.63. The maximum atomic E-state index is 11.7. The second kappa shape index (κ2) is 7.23. The Morgan fingerprint density at radius 3 is 2.55 bits per heavy atom. The highest BCUT2D eigenvalue weighted by molar-refractivity contribution is 9.10. The minimum Gasteiger partial charge on any atom is -0.396 e. The summed E-state index contributed by atoms with van der Waals surface area (Å²) in [6, 6.07) is 8.32. The number of carbonyl (C=O) groups excluding carboxylic acids is 1. The normalized spacial score (nSPS) is 15.9. The number of hydrogen-bond donors (Lipinski definition) is 2. The van der Waals surface area contributed by atoms with Crippen LogP contribution < -0.4 is 5.32 Å². The summed E-state index contributed by atoms with van der Waals surface area (Å²) in [5.74, 6) is 0.112. The number of aliphatic hydroxyl groups is 1. The summed E-state index contributed by atoms with van der Waals surface area (Å²) >= 11 is 3.42. The van der Waals surface area contributed by atoms with Crippen LogP contribution in [0.25, 0.3) is 0 Å². The summed E-state index contributed by atoms with van der Waals surface area (Å²) in [5.41, 5.74) is 1.32. The molecule has 1 aromatic carbocycles. The Kier molecular flexibility index (Phi) is 5.61. The Labute approximate surface area is 128 Å². The van der Waals surface area contributed by atoms with Crippen LogP contribution in [0.15, 0.2) is 28.7 Å². The van der Waals surface area contributed by atoms with Crippen LogP contribution in [0.1, 0.15) is 37.7 Å². The van der Waals surface area contributed by atoms with Crippen molar-refractivity contribution in [3.63, 3.8) is 0 Å². The number of halogens is 1. The quantitative estimate of drug-likeness (QED) is 0.715. The van der Waals surface area contributed by atoms with Crippen molar-refractivity contribution in [2.75, 3.05) is 13.2 Å². The first kappa shape index (κ1) is 15.5. The predicted molar refractivity (Wildman–Crippen MR) is 83.5 cm³/mol. The van der Waals surface area contributed by atoms with Gasteiger partial charge in [-0.25, -0.2) is 0 Å². The zero-order chi connectivity index (χ0) is 14.4. The molecule has 0 spiro atoms. The smallest absolute Gasteiger partial charge is 0.220 e. The molecule has 1 aliphatic rings. The maximum Gasteiger partial charge on any atom is 0.220 e. The Bertz CT molecular complexity index is 440. The van der Waals surface area contributed by atoms with Gasteiger partial charge in [-0.15, -0.1) is 0 Å². The molecular weight excluding hydrogens is 318 g/mol. The van der Waals surface area contributed by atoms with E-state index < -0.39 is 0 Å². The second-order valence-corrected chi connectivity index (χ2v) is 6.68. The number of carbonyl (C=O) groups is 1. The number of amides is 1. The highest BCUT2D eigenvalue weighted by atomic mass is 79.9. The molecule has 2 rings (SSSR count). The van der Waals surface area contributed by atoms with E-state index in [2.05, 4.69) is 33.4 Å². The van der Waals surface area contributed by atoms with Gasteiger partial charge in [0.1, 0.15) is 0 Å². The Hall–Kier alpha value is -0.870. The molecule has 0 radical (unpaired) electrons. The van der Waals surface area contributed by atoms with Crippen molar-refractivity contribution in [1.82, 2.24) is 5.32 Å². The van der Waals surface area contributed by atoms with E-state index >= 15 is 0 Å². The number of nitrogens with one attached hydrogen (secondary N) is 1. The van der Waals surface area contributed by atoms with Gasteiger partial charge in [0.2, 0.25) is 5.91 Å². The number of rotatable bonds is 8. The highest BCUT2D eigenvalue weighted by Crippen LogP contribution is 2.44. The second-order valence-electron chi connectivity index (χ2n) is 5.77. The van der Waals surface area contributed by atoms with E-state index in [0.29, 0.717) is 13.0 Å². The fourth-order valence-corrected chi connectivity index (χ4v) is 2.47. The molecule has 1 amide bonds. The van der Waals surface area contributed by atoms with Crippen LogP contribution in [-0.4, -0.2) is 24.2 Å². The molecule has 3 nitrogen and oxygen atoms in total. The molecule has 20 heavy (non-hydrogen) atoms. The third-order valence-electron chi connectivity index (χ3n) is 3.99. The molecular formula is C16H22BrNO2. The van der Waals surface area contributed by atoms with Gasteiger partial charge >= 0.3 is 0 Å². The van der Waals surface area contributed by atoms with Gasteiger partial charge in [0.25, 0.3) is 0 Å². The molecule has 0 aromatic heterocycles. The molecule has 0 unspecified atom stereocenters. The van der Waals surface area contributed by atoms with Crippen LogP contribution in [0.2, 0.25) is 0 Å². The fraction of sp³-hybridized carbons (Fsp3) is 0.562. The van der Waals surface area contributed by atoms with Crippen molar-refractivity contribution < 1.29 is 9.90 Å². The monoisotopic (exact) mass is 339 g/mol. The van der Waals surface area contributed by atoms with E-state index in [4.69, 9.17) is 0 Å². The van der Waals surface area contributed by atoms with Crippen molar-refractivity contribution in [3.05, 3.63) is 34.3 Å². The standard InChI is InChI=1S/C16H22BrNO2/c17-14-7-5-13(6-8-14)3-1-2-4-15(20)18-11-16(12-19)9-10-16/h5-8,19H,1-4,9-12H2,(H,18,20). The van der Waals surface area contributed by atoms with Crippen molar-refractivity contribution in [2.24, 2.45) is 5.41 Å². The van der Waals surface area contributed by atoms with Gasteiger partial charge in [-0.2, -0.15) is 0 Å². The topological polar surface area (TPSA) is 49.3 Å². The summed E-state index contributed by atoms with van der Waals surface area (Å²) in [6.45, 7) is 0.825. The summed E-state index contributed by atoms with van der Waals surface area (Å²) in [6.07, 6.45) is 5.61. The van der Waals surface area contributed by atoms with Crippen LogP contribution in [0, 0.1) is 5.41 Å². The zero-order valence-electron chi connectivity index (χ0n) is 11.7. The molecule has 1 aliphatic carbocycles. The highest BCUT2D eigenvalue weighted by Gasteiger charge is 2.41. The largest absolute Gasteiger partial charge is 0.396 e. The molecule has 1 saturated carbocycles. The molecule has 0 bridgehead atoms. The molecule has 0 atom stereocenters. The number of hydrogen-bond acceptors (Lipinski definition) is 2. The van der Waals surface area contributed by atoms with Gasteiger partial charge in [0, 0.05) is 22.9 Å². The van der Waals surface area contributed by atoms with Crippen LogP contribution >= 0.6 is 15.9 Å². The van der Waals surface area contributed by atoms with E-state index in [1.807, 2.05) is 12.1 Å². The molecule has 0 heterocycles. The van der Waals surface area contributed by atoms with Crippen molar-refractivity contribution in [2.45, 2.75) is 38.5 Å². The first-order valence-corrected chi connectivity index (χ1v) is 8.05. The number of benzene rings is 1. The Morgan fingerprint density at radius 2 is 1.95 bits per heavy atom. The van der Waals surface area contributed by atoms with Crippen LogP contribution in [0.4, 0.5) is 0 Å². The lowest BCUT2D eigenvalue weighted by molar-refractivity contribution is -0.121. The number of aryl methyl sites for hydroxylation is 1. The molecule has 0 aliphatic heterocycles. The summed E-state index contributed by atoms with van der Waals surface area (Å²) in [7, 11) is 0. The van der Waals surface area contributed by atoms with E-state index in [1.165, 1.54) is 5.56 Å². The molecule has 1 aromatic rings. The van der Waals surface area contributed by atoms with Gasteiger partial charge in [0.15, 0.2) is 0 Å². The third-order valence-corrected chi connectivity index (χ3v) is 4.51. The van der Waals surface area contributed by atoms with E-state index in [-0.39, 0.29) is 17.9 Å². The zero-order valence-corrected chi connectivity index (χ0v) is 13.3. The molecule has 110 valence electrons. The van der Waals surface area contributed by atoms with Crippen molar-refractivity contribution in [1.29, 1.82) is 0 Å². The van der Waals surface area contributed by atoms with Crippen molar-refractivity contribution >= 4 is 21.8 Å². The lowest BCUT2D eigenvalue weighted by Gasteiger charge is -2.12. The van der Waals surface area contributed by atoms with Crippen LogP contribution in [0.5, 0.6) is 0 Å². The minimum absolute atomic E-state index is 0.00703. The Balaban J connectivity index is 1.56. The van der Waals surface area contributed by atoms with Gasteiger partial charge in [0.05, 0.1) is 6.61 Å². The third kappa shape index (κ3) is 4.91. The lowest BCUT2D eigenvalue weighted by atomic mass is 10.1. The number of aliphatic hydroxyl groups excluding tert-OH is 1. The maximum absolute atomic E-state index is 11.7. The molecule has 0 saturated heterocycles. The summed E-state index contributed by atoms with van der Waals surface area (Å²) in [5, 5.41) is 12.1. The van der Waals surface area contributed by atoms with Crippen LogP contribution in [0.3, 0.4) is 0 Å². The predicted octanol–water partition coefficient (Wildman–Crippen LogP) is 3.05. The van der Waals surface area contributed by atoms with Gasteiger partial charge in [-0.1, -0.05) is 28.1 Å². The SMILES string of the molecule is O=C(CCCCc1ccc(Br)cc1)NCC1(CO)CC1. The average Bonchev–Trinajstić information content (AvgIpc) is 3.24. The van der Waals surface area contributed by atoms with E-state index in [0.717, 1.165) is 36.6 Å². The average molecular weight is 340 g/mol. The lowest BCUT2D eigenvalue weighted by Crippen LogP contribution is -2.31. The fourth-order valence-electron chi connectivity index (χ4n) is 2.21. The van der Waals surface area contributed by atoms with Gasteiger partial charge in [-0.05, 0) is 49.8 Å². The molecule has 1 fully saturated rings. The molecule has 2 N–H and O–H groups in total. The summed E-state index contributed by atoms with van der Waals surface area (Å²) < 4.78 is 1.10.